The second-order valence-corrected chi connectivity index (χ2v) is 5.94. The van der Waals surface area contributed by atoms with Crippen LogP contribution >= 0.6 is 11.6 Å². The van der Waals surface area contributed by atoms with Gasteiger partial charge in [-0.3, -0.25) is 0 Å². The van der Waals surface area contributed by atoms with E-state index in [0.717, 1.165) is 5.82 Å². The van der Waals surface area contributed by atoms with Gasteiger partial charge in [-0.15, -0.1) is 0 Å². The highest BCUT2D eigenvalue weighted by Gasteiger charge is 2.05. The van der Waals surface area contributed by atoms with Crippen molar-refractivity contribution in [1.82, 2.24) is 19.9 Å². The molecule has 2 amide bonds. The zero-order valence-electron chi connectivity index (χ0n) is 14.2. The van der Waals surface area contributed by atoms with Crippen molar-refractivity contribution in [2.45, 2.75) is 6.92 Å². The van der Waals surface area contributed by atoms with Gasteiger partial charge in [0, 0.05) is 31.5 Å². The van der Waals surface area contributed by atoms with Crippen LogP contribution in [0.25, 0.3) is 5.82 Å². The molecule has 0 unspecified atom stereocenters. The van der Waals surface area contributed by atoms with Crippen molar-refractivity contribution in [2.24, 2.45) is 0 Å². The van der Waals surface area contributed by atoms with Crippen LogP contribution in [-0.2, 0) is 0 Å². The Bertz CT molecular complexity index is 881. The summed E-state index contributed by atoms with van der Waals surface area (Å²) in [4.78, 5) is 20.7. The first kappa shape index (κ1) is 17.8. The molecule has 0 radical (unpaired) electrons. The molecule has 2 heterocycles. The molecule has 3 N–H and O–H groups in total. The number of nitrogens with one attached hydrogen (secondary N) is 3. The van der Waals surface area contributed by atoms with Crippen LogP contribution in [0.1, 0.15) is 5.82 Å². The van der Waals surface area contributed by atoms with Crippen molar-refractivity contribution in [3.05, 3.63) is 65.7 Å². The summed E-state index contributed by atoms with van der Waals surface area (Å²) in [7, 11) is 0. The number of urea groups is 1. The van der Waals surface area contributed by atoms with E-state index in [-0.39, 0.29) is 6.03 Å². The quantitative estimate of drug-likeness (QED) is 0.580. The molecule has 134 valence electrons. The lowest BCUT2D eigenvalue weighted by Crippen LogP contribution is -2.32. The van der Waals surface area contributed by atoms with Crippen LogP contribution in [0, 0.1) is 6.92 Å². The van der Waals surface area contributed by atoms with Crippen LogP contribution < -0.4 is 16.0 Å². The number of amides is 2. The van der Waals surface area contributed by atoms with E-state index in [1.54, 1.807) is 18.2 Å². The van der Waals surface area contributed by atoms with Gasteiger partial charge in [-0.05, 0) is 31.2 Å². The molecule has 3 aromatic rings. The fraction of sp³-hybridized carbons (Fsp3) is 0.167. The maximum atomic E-state index is 11.9. The van der Waals surface area contributed by atoms with Gasteiger partial charge in [-0.25, -0.2) is 14.8 Å². The lowest BCUT2D eigenvalue weighted by atomic mass is 10.3. The van der Waals surface area contributed by atoms with Crippen molar-refractivity contribution >= 4 is 29.1 Å². The molecule has 0 spiro atoms. The molecule has 0 fully saturated rings. The zero-order valence-corrected chi connectivity index (χ0v) is 15.0. The molecule has 8 heteroatoms. The maximum Gasteiger partial charge on any atom is 0.319 e. The van der Waals surface area contributed by atoms with E-state index in [9.17, 15) is 4.79 Å². The molecular weight excluding hydrogens is 352 g/mol. The molecule has 3 rings (SSSR count). The monoisotopic (exact) mass is 370 g/mol. The van der Waals surface area contributed by atoms with Gasteiger partial charge in [-0.2, -0.15) is 0 Å². The van der Waals surface area contributed by atoms with Gasteiger partial charge in [-0.1, -0.05) is 23.7 Å². The number of halogens is 1. The number of hydrogen-bond donors (Lipinski definition) is 3. The van der Waals surface area contributed by atoms with Crippen molar-refractivity contribution in [2.75, 3.05) is 23.7 Å². The summed E-state index contributed by atoms with van der Waals surface area (Å²) < 4.78 is 1.91. The molecule has 0 saturated heterocycles. The molecule has 2 aromatic heterocycles. The average Bonchev–Trinajstić information content (AvgIpc) is 3.15. The molecule has 1 aromatic carbocycles. The lowest BCUT2D eigenvalue weighted by molar-refractivity contribution is 0.252. The third-order valence-electron chi connectivity index (χ3n) is 3.53. The van der Waals surface area contributed by atoms with E-state index >= 15 is 0 Å². The minimum atomic E-state index is -0.313. The minimum absolute atomic E-state index is 0.313. The molecule has 0 aliphatic heterocycles. The number of rotatable bonds is 6. The largest absolute Gasteiger partial charge is 0.368 e. The Morgan fingerprint density at radius 1 is 1.12 bits per heavy atom. The Hall–Kier alpha value is -3.06. The predicted octanol–water partition coefficient (Wildman–Crippen LogP) is 3.46. The van der Waals surface area contributed by atoms with Crippen LogP contribution in [-0.4, -0.2) is 33.7 Å². The van der Waals surface area contributed by atoms with E-state index in [4.69, 9.17) is 11.6 Å². The summed E-state index contributed by atoms with van der Waals surface area (Å²) in [6.07, 6.45) is 3.85. The summed E-state index contributed by atoms with van der Waals surface area (Å²) in [6, 6.07) is 12.5. The van der Waals surface area contributed by atoms with E-state index in [1.807, 2.05) is 48.1 Å². The molecule has 0 aliphatic rings. The van der Waals surface area contributed by atoms with Gasteiger partial charge in [0.15, 0.2) is 0 Å². The van der Waals surface area contributed by atoms with Crippen LogP contribution in [0.15, 0.2) is 54.9 Å². The Labute approximate surface area is 156 Å². The van der Waals surface area contributed by atoms with Crippen molar-refractivity contribution in [3.63, 3.8) is 0 Å². The van der Waals surface area contributed by atoms with Crippen LogP contribution in [0.5, 0.6) is 0 Å². The molecule has 0 saturated carbocycles. The summed E-state index contributed by atoms with van der Waals surface area (Å²) in [6.45, 7) is 2.79. The smallest absolute Gasteiger partial charge is 0.319 e. The maximum absolute atomic E-state index is 11.9. The summed E-state index contributed by atoms with van der Waals surface area (Å²) in [5.74, 6) is 2.16. The first-order valence-corrected chi connectivity index (χ1v) is 8.52. The minimum Gasteiger partial charge on any atom is -0.368 e. The molecule has 26 heavy (non-hydrogen) atoms. The third-order valence-corrected chi connectivity index (χ3v) is 3.86. The molecule has 0 atom stereocenters. The van der Waals surface area contributed by atoms with E-state index in [2.05, 4.69) is 25.9 Å². The first-order chi connectivity index (χ1) is 12.6. The number of carbonyl (C=O) groups is 1. The average molecular weight is 371 g/mol. The van der Waals surface area contributed by atoms with Crippen molar-refractivity contribution in [1.29, 1.82) is 0 Å². The van der Waals surface area contributed by atoms with Crippen LogP contribution in [0.3, 0.4) is 0 Å². The number of aryl methyl sites for hydroxylation is 1. The standard InChI is InChI=1S/C18H19ClN6O/c1-13-22-16(12-17(23-13)25-10-4-5-11-25)20-8-9-21-18(26)24-15-7-3-2-6-14(15)19/h2-7,10-12H,8-9H2,1H3,(H,20,22,23)(H2,21,24,26). The second-order valence-electron chi connectivity index (χ2n) is 5.54. The third kappa shape index (κ3) is 4.73. The number of aromatic nitrogens is 3. The summed E-state index contributed by atoms with van der Waals surface area (Å²) in [5.41, 5.74) is 0.572. The summed E-state index contributed by atoms with van der Waals surface area (Å²) in [5, 5.41) is 9.15. The molecule has 0 aliphatic carbocycles. The topological polar surface area (TPSA) is 83.9 Å². The number of para-hydroxylation sites is 1. The van der Waals surface area contributed by atoms with Crippen LogP contribution in [0.4, 0.5) is 16.3 Å². The Kier molecular flexibility index (Phi) is 5.70. The number of carbonyl (C=O) groups excluding carboxylic acids is 1. The van der Waals surface area contributed by atoms with Crippen LogP contribution in [0.2, 0.25) is 5.02 Å². The van der Waals surface area contributed by atoms with Gasteiger partial charge in [0.1, 0.15) is 17.5 Å². The fourth-order valence-corrected chi connectivity index (χ4v) is 2.54. The number of benzene rings is 1. The van der Waals surface area contributed by atoms with Gasteiger partial charge in [0.05, 0.1) is 10.7 Å². The van der Waals surface area contributed by atoms with E-state index in [0.29, 0.717) is 35.4 Å². The lowest BCUT2D eigenvalue weighted by Gasteiger charge is -2.11. The Balaban J connectivity index is 1.49. The number of anilines is 2. The zero-order chi connectivity index (χ0) is 18.4. The van der Waals surface area contributed by atoms with Crippen molar-refractivity contribution < 1.29 is 4.79 Å². The van der Waals surface area contributed by atoms with E-state index < -0.39 is 0 Å². The second kappa shape index (κ2) is 8.35. The van der Waals surface area contributed by atoms with Crippen molar-refractivity contribution in [3.8, 4) is 5.82 Å². The number of hydrogen-bond acceptors (Lipinski definition) is 4. The van der Waals surface area contributed by atoms with E-state index in [1.165, 1.54) is 0 Å². The SMILES string of the molecule is Cc1nc(NCCNC(=O)Nc2ccccc2Cl)cc(-n2cccc2)n1. The number of nitrogens with zero attached hydrogens (tertiary/aromatic N) is 3. The van der Waals surface area contributed by atoms with Gasteiger partial charge < -0.3 is 20.5 Å². The molecular formula is C18H19ClN6O. The first-order valence-electron chi connectivity index (χ1n) is 8.14. The fourth-order valence-electron chi connectivity index (χ4n) is 2.36. The highest BCUT2D eigenvalue weighted by Crippen LogP contribution is 2.20. The molecule has 7 nitrogen and oxygen atoms in total. The Morgan fingerprint density at radius 3 is 2.65 bits per heavy atom. The van der Waals surface area contributed by atoms with Gasteiger partial charge in [0.25, 0.3) is 0 Å². The normalized spacial score (nSPS) is 10.4. The van der Waals surface area contributed by atoms with Gasteiger partial charge >= 0.3 is 6.03 Å². The van der Waals surface area contributed by atoms with Gasteiger partial charge in [0.2, 0.25) is 0 Å². The highest BCUT2D eigenvalue weighted by molar-refractivity contribution is 6.33. The molecule has 0 bridgehead atoms. The predicted molar refractivity (Wildman–Crippen MR) is 103 cm³/mol. The summed E-state index contributed by atoms with van der Waals surface area (Å²) >= 11 is 6.01. The highest BCUT2D eigenvalue weighted by atomic mass is 35.5. The Morgan fingerprint density at radius 2 is 1.88 bits per heavy atom.